The van der Waals surface area contributed by atoms with Crippen molar-refractivity contribution < 1.29 is 0 Å². The first-order valence-electron chi connectivity index (χ1n) is 9.35. The molecule has 0 aliphatic carbocycles. The number of rotatable bonds is 6. The van der Waals surface area contributed by atoms with Crippen LogP contribution in [0.3, 0.4) is 0 Å². The first-order chi connectivity index (χ1) is 12.2. The molecule has 0 N–H and O–H groups in total. The summed E-state index contributed by atoms with van der Waals surface area (Å²) in [4.78, 5) is 4.82. The molecule has 1 heterocycles. The van der Waals surface area contributed by atoms with Gasteiger partial charge in [-0.2, -0.15) is 0 Å². The molecule has 128 valence electrons. The molecule has 1 nitrogen and oxygen atoms in total. The second-order valence-electron chi connectivity index (χ2n) is 6.68. The lowest BCUT2D eigenvalue weighted by atomic mass is 10.1. The van der Waals surface area contributed by atoms with Crippen LogP contribution in [-0.4, -0.2) is 13.1 Å². The van der Waals surface area contributed by atoms with Crippen molar-refractivity contribution in [3.63, 3.8) is 0 Å². The van der Waals surface area contributed by atoms with Crippen molar-refractivity contribution in [2.24, 2.45) is 0 Å². The molecule has 0 bridgehead atoms. The topological polar surface area (TPSA) is 12.9 Å². The van der Waals surface area contributed by atoms with Crippen molar-refractivity contribution in [2.75, 3.05) is 0 Å². The van der Waals surface area contributed by atoms with E-state index < -0.39 is 8.07 Å². The van der Waals surface area contributed by atoms with Gasteiger partial charge in [0.15, 0.2) is 0 Å². The maximum Gasteiger partial charge on any atom is 0.0868 e. The summed E-state index contributed by atoms with van der Waals surface area (Å²) >= 11 is 0. The zero-order valence-electron chi connectivity index (χ0n) is 15.5. The van der Waals surface area contributed by atoms with E-state index in [1.807, 2.05) is 12.3 Å². The average molecular weight is 346 g/mol. The molecule has 0 amide bonds. The number of nitrogens with zero attached hydrogens (tertiary/aromatic N) is 1. The number of hydrogen-bond acceptors (Lipinski definition) is 1. The molecular weight excluding hydrogens is 318 g/mol. The summed E-state index contributed by atoms with van der Waals surface area (Å²) in [5.74, 6) is 0. The molecule has 0 fully saturated rings. The van der Waals surface area contributed by atoms with Crippen LogP contribution >= 0.6 is 0 Å². The van der Waals surface area contributed by atoms with E-state index in [1.54, 1.807) is 5.19 Å². The third kappa shape index (κ3) is 3.45. The quantitative estimate of drug-likeness (QED) is 0.490. The predicted molar refractivity (Wildman–Crippen MR) is 112 cm³/mol. The molecule has 0 unspecified atom stereocenters. The van der Waals surface area contributed by atoms with Gasteiger partial charge in [-0.1, -0.05) is 105 Å². The van der Waals surface area contributed by atoms with E-state index in [4.69, 9.17) is 4.98 Å². The van der Waals surface area contributed by atoms with Gasteiger partial charge < -0.3 is 0 Å². The molecule has 3 rings (SSSR count). The molecule has 2 aromatic carbocycles. The Balaban J connectivity index is 2.03. The van der Waals surface area contributed by atoms with Crippen LogP contribution in [0.15, 0.2) is 72.9 Å². The third-order valence-electron chi connectivity index (χ3n) is 5.68. The Bertz CT molecular complexity index is 797. The minimum absolute atomic E-state index is 1.10. The van der Waals surface area contributed by atoms with Crippen LogP contribution in [0.25, 0.3) is 22.4 Å². The standard InChI is InChI=1S/C23H27NSi/c1-4-25(5-2,6-3)23-15-11-10-14-21(23)22-17-16-20(18-24-22)19-12-8-7-9-13-19/h7-18H,4-6H2,1-3H3. The molecule has 3 aromatic rings. The van der Waals surface area contributed by atoms with E-state index in [9.17, 15) is 0 Å². The Kier molecular flexibility index (Phi) is 5.49. The first-order valence-corrected chi connectivity index (χ1v) is 12.0. The predicted octanol–water partition coefficient (Wildman–Crippen LogP) is 6.13. The van der Waals surface area contributed by atoms with Gasteiger partial charge in [-0.25, -0.2) is 0 Å². The number of aromatic nitrogens is 1. The molecule has 25 heavy (non-hydrogen) atoms. The average Bonchev–Trinajstić information content (AvgIpc) is 2.71. The van der Waals surface area contributed by atoms with Crippen molar-refractivity contribution in [3.8, 4) is 22.4 Å². The van der Waals surface area contributed by atoms with Crippen LogP contribution in [0.5, 0.6) is 0 Å². The van der Waals surface area contributed by atoms with Crippen LogP contribution in [0.2, 0.25) is 18.1 Å². The SMILES string of the molecule is CC[Si](CC)(CC)c1ccccc1-c1ccc(-c2ccccc2)cn1. The highest BCUT2D eigenvalue weighted by atomic mass is 28.3. The molecule has 2 heteroatoms. The van der Waals surface area contributed by atoms with Crippen LogP contribution in [-0.2, 0) is 0 Å². The third-order valence-corrected chi connectivity index (χ3v) is 11.3. The van der Waals surface area contributed by atoms with E-state index in [2.05, 4.69) is 81.4 Å². The zero-order valence-corrected chi connectivity index (χ0v) is 16.5. The van der Waals surface area contributed by atoms with E-state index >= 15 is 0 Å². The lowest BCUT2D eigenvalue weighted by molar-refractivity contribution is 1.19. The normalized spacial score (nSPS) is 11.5. The first kappa shape index (κ1) is 17.6. The number of benzene rings is 2. The fourth-order valence-electron chi connectivity index (χ4n) is 3.84. The van der Waals surface area contributed by atoms with Crippen LogP contribution in [0.4, 0.5) is 0 Å². The molecule has 0 atom stereocenters. The van der Waals surface area contributed by atoms with E-state index in [0.29, 0.717) is 0 Å². The van der Waals surface area contributed by atoms with Gasteiger partial charge in [0.05, 0.1) is 13.8 Å². The lowest BCUT2D eigenvalue weighted by Crippen LogP contribution is -2.46. The summed E-state index contributed by atoms with van der Waals surface area (Å²) < 4.78 is 0. The lowest BCUT2D eigenvalue weighted by Gasteiger charge is -2.30. The van der Waals surface area contributed by atoms with E-state index in [-0.39, 0.29) is 0 Å². The second-order valence-corrected chi connectivity index (χ2v) is 11.9. The zero-order chi connectivity index (χ0) is 17.7. The summed E-state index contributed by atoms with van der Waals surface area (Å²) in [5, 5.41) is 1.57. The highest BCUT2D eigenvalue weighted by Gasteiger charge is 2.31. The summed E-state index contributed by atoms with van der Waals surface area (Å²) in [7, 11) is -1.44. The smallest absolute Gasteiger partial charge is 0.0868 e. The highest BCUT2D eigenvalue weighted by molar-refractivity contribution is 6.92. The van der Waals surface area contributed by atoms with Gasteiger partial charge in [0.25, 0.3) is 0 Å². The maximum atomic E-state index is 4.82. The molecule has 0 radical (unpaired) electrons. The van der Waals surface area contributed by atoms with Gasteiger partial charge >= 0.3 is 0 Å². The molecule has 0 aliphatic rings. The molecule has 1 aromatic heterocycles. The van der Waals surface area contributed by atoms with Crippen LogP contribution < -0.4 is 5.19 Å². The van der Waals surface area contributed by atoms with Gasteiger partial charge in [0.2, 0.25) is 0 Å². The van der Waals surface area contributed by atoms with Gasteiger partial charge in [-0.15, -0.1) is 0 Å². The minimum atomic E-state index is -1.44. The van der Waals surface area contributed by atoms with Crippen LogP contribution in [0, 0.1) is 0 Å². The minimum Gasteiger partial charge on any atom is -0.256 e. The molecule has 0 saturated carbocycles. The largest absolute Gasteiger partial charge is 0.256 e. The maximum absolute atomic E-state index is 4.82. The summed E-state index contributed by atoms with van der Waals surface area (Å²) in [6.07, 6.45) is 2.01. The van der Waals surface area contributed by atoms with Crippen molar-refractivity contribution in [1.29, 1.82) is 0 Å². The van der Waals surface area contributed by atoms with Crippen LogP contribution in [0.1, 0.15) is 20.8 Å². The molecule has 0 saturated heterocycles. The van der Waals surface area contributed by atoms with Gasteiger partial charge in [0.1, 0.15) is 0 Å². The number of pyridine rings is 1. The van der Waals surface area contributed by atoms with Gasteiger partial charge in [-0.3, -0.25) is 4.98 Å². The van der Waals surface area contributed by atoms with Crippen molar-refractivity contribution in [3.05, 3.63) is 72.9 Å². The molecular formula is C23H27NSi. The fraction of sp³-hybridized carbons (Fsp3) is 0.261. The summed E-state index contributed by atoms with van der Waals surface area (Å²) in [6.45, 7) is 7.09. The van der Waals surface area contributed by atoms with Crippen molar-refractivity contribution >= 4 is 13.3 Å². The van der Waals surface area contributed by atoms with Crippen molar-refractivity contribution in [2.45, 2.75) is 38.9 Å². The van der Waals surface area contributed by atoms with Gasteiger partial charge in [0, 0.05) is 11.8 Å². The Morgan fingerprint density at radius 2 is 1.32 bits per heavy atom. The Hall–Kier alpha value is -2.19. The Morgan fingerprint density at radius 3 is 1.92 bits per heavy atom. The summed E-state index contributed by atoms with van der Waals surface area (Å²) in [6, 6.07) is 27.7. The van der Waals surface area contributed by atoms with Crippen molar-refractivity contribution in [1.82, 2.24) is 4.98 Å². The Morgan fingerprint density at radius 1 is 0.680 bits per heavy atom. The molecule has 0 aliphatic heterocycles. The number of hydrogen-bond donors (Lipinski definition) is 0. The summed E-state index contributed by atoms with van der Waals surface area (Å²) in [5.41, 5.74) is 4.82. The molecule has 0 spiro atoms. The van der Waals surface area contributed by atoms with E-state index in [1.165, 1.54) is 34.8 Å². The van der Waals surface area contributed by atoms with E-state index in [0.717, 1.165) is 5.69 Å². The highest BCUT2D eigenvalue weighted by Crippen LogP contribution is 2.27. The second kappa shape index (κ2) is 7.79. The Labute approximate surface area is 152 Å². The monoisotopic (exact) mass is 345 g/mol. The fourth-order valence-corrected chi connectivity index (χ4v) is 7.72. The van der Waals surface area contributed by atoms with Gasteiger partial charge in [-0.05, 0) is 17.2 Å².